The summed E-state index contributed by atoms with van der Waals surface area (Å²) in [6.07, 6.45) is 0.939. The molecule has 0 heterocycles. The van der Waals surface area contributed by atoms with Crippen LogP contribution in [0.3, 0.4) is 0 Å². The van der Waals surface area contributed by atoms with Crippen molar-refractivity contribution in [3.63, 3.8) is 0 Å². The van der Waals surface area contributed by atoms with Crippen LogP contribution in [-0.4, -0.2) is 17.0 Å². The molecule has 4 nitrogen and oxygen atoms in total. The third-order valence-electron chi connectivity index (χ3n) is 4.05. The van der Waals surface area contributed by atoms with Gasteiger partial charge in [0, 0.05) is 4.47 Å². The van der Waals surface area contributed by atoms with E-state index in [1.54, 1.807) is 6.07 Å². The minimum absolute atomic E-state index is 0.235. The number of rotatable bonds is 3. The number of para-hydroxylation sites is 1. The third kappa shape index (κ3) is 3.53. The second-order valence-corrected chi connectivity index (χ2v) is 6.34. The summed E-state index contributed by atoms with van der Waals surface area (Å²) >= 11 is 3.37. The summed E-state index contributed by atoms with van der Waals surface area (Å²) < 4.78 is 0.782. The predicted molar refractivity (Wildman–Crippen MR) is 85.0 cm³/mol. The zero-order chi connectivity index (χ0) is 15.6. The van der Waals surface area contributed by atoms with E-state index < -0.39 is 17.8 Å². The third-order valence-corrected chi connectivity index (χ3v) is 4.74. The van der Waals surface area contributed by atoms with Gasteiger partial charge in [0.2, 0.25) is 5.91 Å². The molecule has 0 radical (unpaired) electrons. The number of benzene rings is 1. The number of carbonyl (C=O) groups is 2. The van der Waals surface area contributed by atoms with E-state index in [0.29, 0.717) is 18.5 Å². The van der Waals surface area contributed by atoms with Gasteiger partial charge < -0.3 is 10.4 Å². The first-order valence-corrected chi connectivity index (χ1v) is 7.63. The summed E-state index contributed by atoms with van der Waals surface area (Å²) in [5.74, 6) is -2.33. The average Bonchev–Trinajstić information content (AvgIpc) is 2.43. The van der Waals surface area contributed by atoms with E-state index in [2.05, 4.69) is 21.2 Å². The predicted octanol–water partition coefficient (Wildman–Crippen LogP) is 3.83. The molecule has 1 aromatic carbocycles. The Morgan fingerprint density at radius 1 is 1.14 bits per heavy atom. The number of hydrogen-bond donors (Lipinski definition) is 2. The Morgan fingerprint density at radius 2 is 1.71 bits per heavy atom. The van der Waals surface area contributed by atoms with Gasteiger partial charge in [-0.25, -0.2) is 0 Å². The first-order valence-electron chi connectivity index (χ1n) is 6.83. The zero-order valence-corrected chi connectivity index (χ0v) is 13.6. The van der Waals surface area contributed by atoms with E-state index in [1.807, 2.05) is 32.0 Å². The smallest absolute Gasteiger partial charge is 0.307 e. The Hall–Kier alpha value is -1.62. The highest BCUT2D eigenvalue weighted by molar-refractivity contribution is 9.10. The van der Waals surface area contributed by atoms with Crippen LogP contribution >= 0.6 is 15.9 Å². The van der Waals surface area contributed by atoms with Crippen LogP contribution in [0, 0.1) is 11.8 Å². The fraction of sp³-hybridized carbons (Fsp3) is 0.375. The number of allylic oxidation sites excluding steroid dienone is 2. The Morgan fingerprint density at radius 3 is 2.29 bits per heavy atom. The Labute approximate surface area is 132 Å². The average molecular weight is 352 g/mol. The Bertz CT molecular complexity index is 609. The Kier molecular flexibility index (Phi) is 4.83. The van der Waals surface area contributed by atoms with Gasteiger partial charge in [0.05, 0.1) is 17.5 Å². The van der Waals surface area contributed by atoms with Crippen LogP contribution in [0.5, 0.6) is 0 Å². The molecule has 2 atom stereocenters. The molecule has 1 aliphatic rings. The summed E-state index contributed by atoms with van der Waals surface area (Å²) in [6.45, 7) is 3.90. The van der Waals surface area contributed by atoms with Crippen molar-refractivity contribution in [1.29, 1.82) is 0 Å². The van der Waals surface area contributed by atoms with Crippen LogP contribution in [0.1, 0.15) is 26.7 Å². The van der Waals surface area contributed by atoms with E-state index in [-0.39, 0.29) is 5.91 Å². The first-order chi connectivity index (χ1) is 9.90. The van der Waals surface area contributed by atoms with E-state index in [4.69, 9.17) is 0 Å². The highest BCUT2D eigenvalue weighted by Crippen LogP contribution is 2.35. The molecule has 21 heavy (non-hydrogen) atoms. The number of halogens is 1. The van der Waals surface area contributed by atoms with Crippen LogP contribution in [0.2, 0.25) is 0 Å². The molecule has 2 N–H and O–H groups in total. The van der Waals surface area contributed by atoms with Crippen molar-refractivity contribution in [2.75, 3.05) is 5.32 Å². The molecular formula is C16H18BrNO3. The lowest BCUT2D eigenvalue weighted by Crippen LogP contribution is -2.36. The Balaban J connectivity index is 2.21. The number of amides is 1. The highest BCUT2D eigenvalue weighted by atomic mass is 79.9. The van der Waals surface area contributed by atoms with Crippen LogP contribution in [0.15, 0.2) is 39.9 Å². The molecule has 1 aromatic rings. The van der Waals surface area contributed by atoms with E-state index >= 15 is 0 Å². The molecule has 0 saturated heterocycles. The lowest BCUT2D eigenvalue weighted by molar-refractivity contribution is -0.146. The lowest BCUT2D eigenvalue weighted by Gasteiger charge is -2.29. The lowest BCUT2D eigenvalue weighted by atomic mass is 9.76. The van der Waals surface area contributed by atoms with Gasteiger partial charge in [0.15, 0.2) is 0 Å². The summed E-state index contributed by atoms with van der Waals surface area (Å²) in [6, 6.07) is 7.30. The summed E-state index contributed by atoms with van der Waals surface area (Å²) in [7, 11) is 0. The molecule has 112 valence electrons. The molecule has 1 aliphatic carbocycles. The van der Waals surface area contributed by atoms with Gasteiger partial charge in [-0.05, 0) is 54.8 Å². The summed E-state index contributed by atoms with van der Waals surface area (Å²) in [5.41, 5.74) is 2.85. The minimum Gasteiger partial charge on any atom is -0.481 e. The van der Waals surface area contributed by atoms with E-state index in [1.165, 1.54) is 0 Å². The monoisotopic (exact) mass is 351 g/mol. The summed E-state index contributed by atoms with van der Waals surface area (Å²) in [5, 5.41) is 12.2. The van der Waals surface area contributed by atoms with Crippen molar-refractivity contribution in [1.82, 2.24) is 0 Å². The number of nitrogens with one attached hydrogen (secondary N) is 1. The van der Waals surface area contributed by atoms with Gasteiger partial charge >= 0.3 is 5.97 Å². The summed E-state index contributed by atoms with van der Waals surface area (Å²) in [4.78, 5) is 23.9. The van der Waals surface area contributed by atoms with Gasteiger partial charge in [-0.1, -0.05) is 23.3 Å². The van der Waals surface area contributed by atoms with Crippen LogP contribution in [-0.2, 0) is 9.59 Å². The topological polar surface area (TPSA) is 66.4 Å². The molecular weight excluding hydrogens is 334 g/mol. The molecule has 0 bridgehead atoms. The van der Waals surface area contributed by atoms with Crippen molar-refractivity contribution in [3.05, 3.63) is 39.9 Å². The van der Waals surface area contributed by atoms with E-state index in [0.717, 1.165) is 15.6 Å². The maximum absolute atomic E-state index is 12.5. The van der Waals surface area contributed by atoms with E-state index in [9.17, 15) is 14.7 Å². The number of carboxylic acid groups (broad SMARTS) is 1. The van der Waals surface area contributed by atoms with Gasteiger partial charge in [-0.2, -0.15) is 0 Å². The SMILES string of the molecule is CC1=C(C)C[C@@H](C(=O)Nc2ccccc2Br)[C@H](C(=O)O)C1. The van der Waals surface area contributed by atoms with Gasteiger partial charge in [-0.15, -0.1) is 0 Å². The second-order valence-electron chi connectivity index (χ2n) is 5.49. The zero-order valence-electron chi connectivity index (χ0n) is 12.0. The molecule has 1 amide bonds. The standard InChI is InChI=1S/C16H18BrNO3/c1-9-7-11(12(16(20)21)8-10(9)2)15(19)18-14-6-4-3-5-13(14)17/h3-6,11-12H,7-8H2,1-2H3,(H,18,19)(H,20,21)/t11-,12-/m1/s1. The molecule has 5 heteroatoms. The maximum atomic E-state index is 12.5. The number of anilines is 1. The fourth-order valence-electron chi connectivity index (χ4n) is 2.62. The molecule has 0 fully saturated rings. The number of carbonyl (C=O) groups excluding carboxylic acids is 1. The molecule has 0 aromatic heterocycles. The van der Waals surface area contributed by atoms with Gasteiger partial charge in [0.1, 0.15) is 0 Å². The number of aliphatic carboxylic acids is 1. The molecule has 0 spiro atoms. The van der Waals surface area contributed by atoms with Crippen molar-refractivity contribution in [2.24, 2.45) is 11.8 Å². The van der Waals surface area contributed by atoms with Crippen molar-refractivity contribution in [3.8, 4) is 0 Å². The van der Waals surface area contributed by atoms with Crippen LogP contribution < -0.4 is 5.32 Å². The van der Waals surface area contributed by atoms with Gasteiger partial charge in [0.25, 0.3) is 0 Å². The highest BCUT2D eigenvalue weighted by Gasteiger charge is 2.37. The van der Waals surface area contributed by atoms with Crippen molar-refractivity contribution < 1.29 is 14.7 Å². The first kappa shape index (κ1) is 15.8. The van der Waals surface area contributed by atoms with Crippen LogP contribution in [0.4, 0.5) is 5.69 Å². The fourth-order valence-corrected chi connectivity index (χ4v) is 3.00. The number of carboxylic acids is 1. The molecule has 0 unspecified atom stereocenters. The normalized spacial score (nSPS) is 22.0. The molecule has 0 aliphatic heterocycles. The molecule has 2 rings (SSSR count). The maximum Gasteiger partial charge on any atom is 0.307 e. The van der Waals surface area contributed by atoms with Crippen LogP contribution in [0.25, 0.3) is 0 Å². The minimum atomic E-state index is -0.908. The molecule has 0 saturated carbocycles. The largest absolute Gasteiger partial charge is 0.481 e. The second kappa shape index (κ2) is 6.43. The van der Waals surface area contributed by atoms with Crippen molar-refractivity contribution in [2.45, 2.75) is 26.7 Å². The van der Waals surface area contributed by atoms with Gasteiger partial charge in [-0.3, -0.25) is 9.59 Å². The number of hydrogen-bond acceptors (Lipinski definition) is 2. The quantitative estimate of drug-likeness (QED) is 0.813. The van der Waals surface area contributed by atoms with Crippen molar-refractivity contribution >= 4 is 33.5 Å².